The van der Waals surface area contributed by atoms with Gasteiger partial charge >= 0.3 is 0 Å². The summed E-state index contributed by atoms with van der Waals surface area (Å²) in [6, 6.07) is 22.9. The molecule has 1 aliphatic rings. The summed E-state index contributed by atoms with van der Waals surface area (Å²) in [6.07, 6.45) is -3.16. The predicted molar refractivity (Wildman–Crippen MR) is 196 cm³/mol. The molecule has 1 saturated heterocycles. The smallest absolute Gasteiger partial charge is 0.161 e. The number of methoxy groups -OCH3 is 4. The fourth-order valence-electron chi connectivity index (χ4n) is 6.88. The van der Waals surface area contributed by atoms with E-state index in [2.05, 4.69) is 13.8 Å². The van der Waals surface area contributed by atoms with Gasteiger partial charge in [-0.2, -0.15) is 0 Å². The van der Waals surface area contributed by atoms with Crippen LogP contribution in [0.2, 0.25) is 0 Å². The summed E-state index contributed by atoms with van der Waals surface area (Å²) in [5, 5.41) is 22.1. The minimum absolute atomic E-state index is 0.190. The van der Waals surface area contributed by atoms with E-state index >= 15 is 0 Å². The summed E-state index contributed by atoms with van der Waals surface area (Å²) in [5.74, 6) is 4.12. The normalized spacial score (nSPS) is 20.9. The first-order valence-corrected chi connectivity index (χ1v) is 17.4. The maximum Gasteiger partial charge on any atom is 0.161 e. The van der Waals surface area contributed by atoms with Gasteiger partial charge in [0.2, 0.25) is 0 Å². The van der Waals surface area contributed by atoms with Crippen LogP contribution in [0.4, 0.5) is 0 Å². The lowest BCUT2D eigenvalue weighted by atomic mass is 9.85. The van der Waals surface area contributed by atoms with Crippen LogP contribution in [0.3, 0.4) is 0 Å². The summed E-state index contributed by atoms with van der Waals surface area (Å²) in [7, 11) is 6.48. The molecule has 1 aliphatic heterocycles. The third-order valence-electron chi connectivity index (χ3n) is 10.1. The van der Waals surface area contributed by atoms with Crippen molar-refractivity contribution in [2.75, 3.05) is 28.4 Å². The first kappa shape index (κ1) is 37.8. The minimum atomic E-state index is -0.849. The molecule has 0 radical (unpaired) electrons. The molecule has 0 bridgehead atoms. The van der Waals surface area contributed by atoms with E-state index in [1.165, 1.54) is 0 Å². The first-order chi connectivity index (χ1) is 24.4. The molecule has 2 N–H and O–H groups in total. The molecule has 0 amide bonds. The molecule has 4 aromatic rings. The molecule has 9 nitrogen and oxygen atoms in total. The number of hydrogen-bond acceptors (Lipinski definition) is 9. The number of benzene rings is 4. The van der Waals surface area contributed by atoms with Crippen LogP contribution in [0.1, 0.15) is 85.5 Å². The van der Waals surface area contributed by atoms with Gasteiger partial charge in [0.05, 0.1) is 40.6 Å². The molecule has 5 rings (SSSR count). The van der Waals surface area contributed by atoms with E-state index < -0.39 is 24.4 Å². The molecule has 1 heterocycles. The van der Waals surface area contributed by atoms with Crippen LogP contribution in [0.5, 0.6) is 34.5 Å². The molecule has 1 fully saturated rings. The highest BCUT2D eigenvalue weighted by Gasteiger charge is 2.41. The predicted octanol–water partition coefficient (Wildman–Crippen LogP) is 8.42. The van der Waals surface area contributed by atoms with Crippen LogP contribution in [0, 0.1) is 25.7 Å². The average molecular weight is 701 g/mol. The standard InChI is InChI=1S/C42H52O9/c1-23-19-29(11-15-33(23)45-7)39(43)27(5)49-35-17-13-31(21-37(35)47-9)41-25(3)26(4)42(51-41)32-14-18-36(38(22-32)48-10)50-28(6)40(44)30-12-16-34(46-8)24(2)20-30/h11-22,25-28,39-44H,1-10H3/t25-,26-,27-,28-,39+,40+,41-,42?/m1/s1. The molecule has 0 aromatic heterocycles. The molecule has 1 unspecified atom stereocenters. The maximum atomic E-state index is 11.1. The molecule has 8 atom stereocenters. The van der Waals surface area contributed by atoms with Crippen LogP contribution in [0.25, 0.3) is 0 Å². The van der Waals surface area contributed by atoms with Crippen molar-refractivity contribution in [3.63, 3.8) is 0 Å². The van der Waals surface area contributed by atoms with E-state index in [1.54, 1.807) is 28.4 Å². The average Bonchev–Trinajstić information content (AvgIpc) is 3.44. The van der Waals surface area contributed by atoms with Gasteiger partial charge in [0.25, 0.3) is 0 Å². The van der Waals surface area contributed by atoms with Crippen molar-refractivity contribution >= 4 is 0 Å². The zero-order valence-corrected chi connectivity index (χ0v) is 31.3. The van der Waals surface area contributed by atoms with E-state index in [9.17, 15) is 10.2 Å². The zero-order valence-electron chi connectivity index (χ0n) is 31.3. The van der Waals surface area contributed by atoms with Gasteiger partial charge in [0, 0.05) is 0 Å². The number of ether oxygens (including phenoxy) is 7. The van der Waals surface area contributed by atoms with Gasteiger partial charge < -0.3 is 43.4 Å². The summed E-state index contributed by atoms with van der Waals surface area (Å²) in [6.45, 7) is 11.9. The fourth-order valence-corrected chi connectivity index (χ4v) is 6.88. The highest BCUT2D eigenvalue weighted by Crippen LogP contribution is 2.51. The number of hydrogen-bond donors (Lipinski definition) is 2. The van der Waals surface area contributed by atoms with Crippen molar-refractivity contribution in [2.45, 2.75) is 78.2 Å². The highest BCUT2D eigenvalue weighted by molar-refractivity contribution is 5.46. The van der Waals surface area contributed by atoms with Crippen LogP contribution in [-0.4, -0.2) is 50.9 Å². The van der Waals surface area contributed by atoms with Crippen LogP contribution >= 0.6 is 0 Å². The molecule has 0 saturated carbocycles. The third-order valence-corrected chi connectivity index (χ3v) is 10.1. The Labute approximate surface area is 302 Å². The van der Waals surface area contributed by atoms with Gasteiger partial charge in [-0.3, -0.25) is 0 Å². The van der Waals surface area contributed by atoms with E-state index in [-0.39, 0.29) is 24.0 Å². The molecule has 274 valence electrons. The lowest BCUT2D eigenvalue weighted by Crippen LogP contribution is -2.22. The van der Waals surface area contributed by atoms with Crippen molar-refractivity contribution in [1.29, 1.82) is 0 Å². The zero-order chi connectivity index (χ0) is 37.0. The van der Waals surface area contributed by atoms with E-state index in [1.807, 2.05) is 100 Å². The Kier molecular flexibility index (Phi) is 12.1. The third kappa shape index (κ3) is 8.06. The molecule has 4 aromatic carbocycles. The van der Waals surface area contributed by atoms with E-state index in [0.717, 1.165) is 44.9 Å². The maximum absolute atomic E-state index is 11.1. The lowest BCUT2D eigenvalue weighted by molar-refractivity contribution is 0.0281. The number of aryl methyl sites for hydroxylation is 2. The number of aliphatic hydroxyl groups excluding tert-OH is 2. The van der Waals surface area contributed by atoms with Gasteiger partial charge in [-0.15, -0.1) is 0 Å². The Hall–Kier alpha value is -4.44. The van der Waals surface area contributed by atoms with Crippen LogP contribution < -0.4 is 28.4 Å². The Bertz CT molecular complexity index is 1660. The minimum Gasteiger partial charge on any atom is -0.496 e. The summed E-state index contributed by atoms with van der Waals surface area (Å²) in [4.78, 5) is 0. The molecule has 0 aliphatic carbocycles. The summed E-state index contributed by atoms with van der Waals surface area (Å²) >= 11 is 0. The van der Waals surface area contributed by atoms with Gasteiger partial charge in [0.15, 0.2) is 23.0 Å². The monoisotopic (exact) mass is 700 g/mol. The Morgan fingerprint density at radius 3 is 1.20 bits per heavy atom. The number of rotatable bonds is 14. The second-order valence-electron chi connectivity index (χ2n) is 13.5. The van der Waals surface area contributed by atoms with Gasteiger partial charge in [0.1, 0.15) is 35.9 Å². The van der Waals surface area contributed by atoms with Crippen LogP contribution in [0.15, 0.2) is 72.8 Å². The van der Waals surface area contributed by atoms with Crippen molar-refractivity contribution < 1.29 is 43.4 Å². The highest BCUT2D eigenvalue weighted by atomic mass is 16.5. The van der Waals surface area contributed by atoms with Gasteiger partial charge in [-0.05, 0) is 121 Å². The van der Waals surface area contributed by atoms with E-state index in [0.29, 0.717) is 23.0 Å². The molecule has 51 heavy (non-hydrogen) atoms. The van der Waals surface area contributed by atoms with Gasteiger partial charge in [-0.1, -0.05) is 38.1 Å². The summed E-state index contributed by atoms with van der Waals surface area (Å²) < 4.78 is 41.5. The van der Waals surface area contributed by atoms with Gasteiger partial charge in [-0.25, -0.2) is 0 Å². The number of aliphatic hydroxyl groups is 2. The largest absolute Gasteiger partial charge is 0.496 e. The van der Waals surface area contributed by atoms with E-state index in [4.69, 9.17) is 33.2 Å². The quantitative estimate of drug-likeness (QED) is 0.134. The van der Waals surface area contributed by atoms with Crippen molar-refractivity contribution in [1.82, 2.24) is 0 Å². The fraction of sp³-hybridized carbons (Fsp3) is 0.429. The lowest BCUT2D eigenvalue weighted by Gasteiger charge is -2.24. The Morgan fingerprint density at radius 1 is 0.510 bits per heavy atom. The second kappa shape index (κ2) is 16.3. The summed E-state index contributed by atoms with van der Waals surface area (Å²) in [5.41, 5.74) is 5.32. The van der Waals surface area contributed by atoms with Crippen LogP contribution in [-0.2, 0) is 4.74 Å². The topological polar surface area (TPSA) is 105 Å². The second-order valence-corrected chi connectivity index (χ2v) is 13.5. The molecular formula is C42H52O9. The first-order valence-electron chi connectivity index (χ1n) is 17.4. The molecule has 9 heteroatoms. The molecular weight excluding hydrogens is 648 g/mol. The van der Waals surface area contributed by atoms with Crippen molar-refractivity contribution in [2.24, 2.45) is 11.8 Å². The van der Waals surface area contributed by atoms with Crippen molar-refractivity contribution in [3.05, 3.63) is 106 Å². The Morgan fingerprint density at radius 2 is 0.863 bits per heavy atom. The Balaban J connectivity index is 1.28. The molecule has 0 spiro atoms. The SMILES string of the molecule is COc1ccc([C@@H](O)[C@@H](C)Oc2ccc(C3O[C@@H](c4ccc(O[C@H](C)[C@H](O)c5ccc(OC)c(C)c5)c(OC)c4)[C@H](C)[C@H]3C)cc2OC)cc1C. The van der Waals surface area contributed by atoms with Crippen molar-refractivity contribution in [3.8, 4) is 34.5 Å².